The minimum Gasteiger partial charge on any atom is -0.380 e. The van der Waals surface area contributed by atoms with Crippen molar-refractivity contribution in [2.75, 3.05) is 26.7 Å². The molecule has 0 spiro atoms. The third kappa shape index (κ3) is 5.61. The van der Waals surface area contributed by atoms with Crippen molar-refractivity contribution in [2.45, 2.75) is 38.5 Å². The number of aromatic nitrogens is 1. The van der Waals surface area contributed by atoms with Crippen LogP contribution in [-0.2, 0) is 11.3 Å². The van der Waals surface area contributed by atoms with E-state index in [9.17, 15) is 4.79 Å². The predicted octanol–water partition coefficient (Wildman–Crippen LogP) is 1.38. The van der Waals surface area contributed by atoms with Gasteiger partial charge in [0.15, 0.2) is 0 Å². The lowest BCUT2D eigenvalue weighted by molar-refractivity contribution is 0.118. The van der Waals surface area contributed by atoms with Gasteiger partial charge in [0.25, 0.3) is 0 Å². The van der Waals surface area contributed by atoms with Crippen molar-refractivity contribution in [1.29, 1.82) is 0 Å². The molecule has 2 amide bonds. The van der Waals surface area contributed by atoms with Crippen molar-refractivity contribution in [2.24, 2.45) is 0 Å². The van der Waals surface area contributed by atoms with Crippen LogP contribution in [0.5, 0.6) is 0 Å². The first-order valence-corrected chi connectivity index (χ1v) is 7.86. The van der Waals surface area contributed by atoms with Gasteiger partial charge >= 0.3 is 6.03 Å². The smallest absolute Gasteiger partial charge is 0.315 e. The number of urea groups is 1. The number of pyridine rings is 1. The summed E-state index contributed by atoms with van der Waals surface area (Å²) in [4.78, 5) is 18.3. The van der Waals surface area contributed by atoms with Gasteiger partial charge in [-0.05, 0) is 37.5 Å². The van der Waals surface area contributed by atoms with Crippen molar-refractivity contribution in [3.05, 3.63) is 30.1 Å². The highest BCUT2D eigenvalue weighted by molar-refractivity contribution is 5.74. The average molecular weight is 306 g/mol. The first-order chi connectivity index (χ1) is 10.7. The summed E-state index contributed by atoms with van der Waals surface area (Å²) in [5.74, 6) is 0. The molecular formula is C16H26N4O2. The molecule has 6 nitrogen and oxygen atoms in total. The van der Waals surface area contributed by atoms with Gasteiger partial charge in [-0.25, -0.2) is 4.79 Å². The Hall–Kier alpha value is -1.66. The molecule has 0 aliphatic carbocycles. The zero-order valence-electron chi connectivity index (χ0n) is 13.4. The molecule has 22 heavy (non-hydrogen) atoms. The lowest BCUT2D eigenvalue weighted by Crippen LogP contribution is -2.48. The second-order valence-electron chi connectivity index (χ2n) is 5.81. The highest BCUT2D eigenvalue weighted by Gasteiger charge is 2.20. The average Bonchev–Trinajstić information content (AvgIpc) is 2.55. The van der Waals surface area contributed by atoms with Crippen LogP contribution in [0.3, 0.4) is 0 Å². The number of rotatable bonds is 6. The highest BCUT2D eigenvalue weighted by atomic mass is 16.5. The number of nitrogens with zero attached hydrogens (tertiary/aromatic N) is 2. The third-order valence-corrected chi connectivity index (χ3v) is 4.03. The molecule has 0 bridgehead atoms. The van der Waals surface area contributed by atoms with Crippen LogP contribution in [0.4, 0.5) is 4.79 Å². The van der Waals surface area contributed by atoms with Crippen LogP contribution in [0.15, 0.2) is 24.5 Å². The molecule has 0 radical (unpaired) electrons. The Balaban J connectivity index is 1.65. The molecule has 1 aromatic heterocycles. The number of hydrogen-bond acceptors (Lipinski definition) is 4. The number of hydrogen-bond donors (Lipinski definition) is 2. The minimum atomic E-state index is -0.100. The molecule has 0 saturated carbocycles. The van der Waals surface area contributed by atoms with E-state index in [0.29, 0.717) is 6.54 Å². The quantitative estimate of drug-likeness (QED) is 0.833. The summed E-state index contributed by atoms with van der Waals surface area (Å²) >= 11 is 0. The normalized spacial score (nSPS) is 17.9. The summed E-state index contributed by atoms with van der Waals surface area (Å²) in [6, 6.07) is 4.26. The van der Waals surface area contributed by atoms with Gasteiger partial charge in [-0.1, -0.05) is 0 Å². The Morgan fingerprint density at radius 2 is 2.09 bits per heavy atom. The molecule has 2 rings (SSSR count). The van der Waals surface area contributed by atoms with Crippen LogP contribution in [0, 0.1) is 0 Å². The fourth-order valence-electron chi connectivity index (χ4n) is 2.54. The number of carbonyl (C=O) groups is 1. The number of likely N-dealkylation sites (tertiary alicyclic amines) is 1. The van der Waals surface area contributed by atoms with E-state index in [0.717, 1.165) is 32.5 Å². The van der Waals surface area contributed by atoms with Gasteiger partial charge in [0, 0.05) is 51.7 Å². The van der Waals surface area contributed by atoms with Crippen molar-refractivity contribution in [1.82, 2.24) is 20.5 Å². The van der Waals surface area contributed by atoms with Gasteiger partial charge < -0.3 is 15.4 Å². The number of methoxy groups -OCH3 is 1. The summed E-state index contributed by atoms with van der Waals surface area (Å²) < 4.78 is 5.11. The lowest BCUT2D eigenvalue weighted by atomic mass is 10.0. The van der Waals surface area contributed by atoms with Crippen LogP contribution in [0.25, 0.3) is 0 Å². The standard InChI is InChI=1S/C16H26N4O2/c1-13(22-2)11-18-16(21)19-15-5-9-20(10-6-15)12-14-3-7-17-8-4-14/h3-4,7-8,13,15H,5-6,9-12H2,1-2H3,(H2,18,19,21). The molecule has 122 valence electrons. The first kappa shape index (κ1) is 16.7. The number of ether oxygens (including phenoxy) is 1. The van der Waals surface area contributed by atoms with Crippen LogP contribution < -0.4 is 10.6 Å². The van der Waals surface area contributed by atoms with Crippen molar-refractivity contribution in [3.8, 4) is 0 Å². The topological polar surface area (TPSA) is 66.5 Å². The molecule has 0 aromatic carbocycles. The van der Waals surface area contributed by atoms with Crippen LogP contribution in [0.2, 0.25) is 0 Å². The second kappa shape index (κ2) is 8.70. The number of carbonyl (C=O) groups excluding carboxylic acids is 1. The third-order valence-electron chi connectivity index (χ3n) is 4.03. The lowest BCUT2D eigenvalue weighted by Gasteiger charge is -2.32. The van der Waals surface area contributed by atoms with Gasteiger partial charge in [0.1, 0.15) is 0 Å². The molecule has 1 aromatic rings. The largest absolute Gasteiger partial charge is 0.380 e. The van der Waals surface area contributed by atoms with E-state index < -0.39 is 0 Å². The maximum atomic E-state index is 11.8. The molecule has 6 heteroatoms. The Kier molecular flexibility index (Phi) is 6.61. The Morgan fingerprint density at radius 1 is 1.41 bits per heavy atom. The van der Waals surface area contributed by atoms with Gasteiger partial charge in [0.2, 0.25) is 0 Å². The second-order valence-corrected chi connectivity index (χ2v) is 5.81. The number of amides is 2. The maximum Gasteiger partial charge on any atom is 0.315 e. The Bertz CT molecular complexity index is 447. The molecule has 1 saturated heterocycles. The predicted molar refractivity (Wildman–Crippen MR) is 85.5 cm³/mol. The zero-order chi connectivity index (χ0) is 15.8. The SMILES string of the molecule is COC(C)CNC(=O)NC1CCN(Cc2ccncc2)CC1. The van der Waals surface area contributed by atoms with Crippen molar-refractivity contribution < 1.29 is 9.53 Å². The molecule has 2 heterocycles. The van der Waals surface area contributed by atoms with Crippen molar-refractivity contribution >= 4 is 6.03 Å². The van der Waals surface area contributed by atoms with E-state index in [1.165, 1.54) is 5.56 Å². The number of piperidine rings is 1. The molecular weight excluding hydrogens is 280 g/mol. The molecule has 1 aliphatic heterocycles. The fraction of sp³-hybridized carbons (Fsp3) is 0.625. The molecule has 1 aliphatic rings. The summed E-state index contributed by atoms with van der Waals surface area (Å²) in [6.07, 6.45) is 5.66. The zero-order valence-corrected chi connectivity index (χ0v) is 13.4. The van der Waals surface area contributed by atoms with E-state index >= 15 is 0 Å². The van der Waals surface area contributed by atoms with Gasteiger partial charge in [0.05, 0.1) is 6.10 Å². The van der Waals surface area contributed by atoms with E-state index in [-0.39, 0.29) is 18.2 Å². The monoisotopic (exact) mass is 306 g/mol. The van der Waals surface area contributed by atoms with E-state index in [1.54, 1.807) is 7.11 Å². The van der Waals surface area contributed by atoms with Crippen LogP contribution in [0.1, 0.15) is 25.3 Å². The summed E-state index contributed by atoms with van der Waals surface area (Å²) in [5, 5.41) is 5.88. The van der Waals surface area contributed by atoms with Crippen LogP contribution >= 0.6 is 0 Å². The Labute approximate surface area is 132 Å². The molecule has 1 unspecified atom stereocenters. The Morgan fingerprint density at radius 3 is 2.73 bits per heavy atom. The molecule has 1 fully saturated rings. The summed E-state index contributed by atoms with van der Waals surface area (Å²) in [6.45, 7) is 5.41. The number of nitrogens with one attached hydrogen (secondary N) is 2. The first-order valence-electron chi connectivity index (χ1n) is 7.86. The fourth-order valence-corrected chi connectivity index (χ4v) is 2.54. The minimum absolute atomic E-state index is 0.0351. The molecule has 1 atom stereocenters. The van der Waals surface area contributed by atoms with E-state index in [4.69, 9.17) is 4.74 Å². The highest BCUT2D eigenvalue weighted by Crippen LogP contribution is 2.13. The van der Waals surface area contributed by atoms with Crippen LogP contribution in [-0.4, -0.2) is 54.8 Å². The van der Waals surface area contributed by atoms with Gasteiger partial charge in [-0.2, -0.15) is 0 Å². The van der Waals surface area contributed by atoms with Gasteiger partial charge in [-0.15, -0.1) is 0 Å². The summed E-state index contributed by atoms with van der Waals surface area (Å²) in [5.41, 5.74) is 1.28. The maximum absolute atomic E-state index is 11.8. The molecule has 2 N–H and O–H groups in total. The van der Waals surface area contributed by atoms with Gasteiger partial charge in [-0.3, -0.25) is 9.88 Å². The van der Waals surface area contributed by atoms with E-state index in [2.05, 4.69) is 32.7 Å². The van der Waals surface area contributed by atoms with Crippen molar-refractivity contribution in [3.63, 3.8) is 0 Å². The van der Waals surface area contributed by atoms with E-state index in [1.807, 2.05) is 19.3 Å². The summed E-state index contributed by atoms with van der Waals surface area (Å²) in [7, 11) is 1.64.